The van der Waals surface area contributed by atoms with Crippen LogP contribution in [0.4, 0.5) is 8.78 Å². The number of H-pyrrole nitrogens is 1. The van der Waals surface area contributed by atoms with E-state index in [9.17, 15) is 18.4 Å². The number of aromatic nitrogens is 3. The van der Waals surface area contributed by atoms with Crippen LogP contribution in [-0.2, 0) is 13.1 Å². The molecule has 7 nitrogen and oxygen atoms in total. The highest BCUT2D eigenvalue weighted by molar-refractivity contribution is 5.94. The van der Waals surface area contributed by atoms with Crippen LogP contribution in [0.25, 0.3) is 0 Å². The van der Waals surface area contributed by atoms with Crippen molar-refractivity contribution in [2.24, 2.45) is 5.92 Å². The Labute approximate surface area is 172 Å². The first-order valence-electron chi connectivity index (χ1n) is 10.4. The lowest BCUT2D eigenvalue weighted by Crippen LogP contribution is -2.52. The smallest absolute Gasteiger partial charge is 0.263 e. The van der Waals surface area contributed by atoms with E-state index < -0.39 is 17.9 Å². The van der Waals surface area contributed by atoms with Gasteiger partial charge in [0, 0.05) is 62.4 Å². The lowest BCUT2D eigenvalue weighted by Gasteiger charge is -2.42. The van der Waals surface area contributed by atoms with Gasteiger partial charge in [0.1, 0.15) is 5.56 Å². The molecular formula is C21H25F2N5O2. The molecule has 2 N–H and O–H groups in total. The zero-order chi connectivity index (χ0) is 21.0. The van der Waals surface area contributed by atoms with Crippen LogP contribution < -0.4 is 10.9 Å². The molecule has 30 heavy (non-hydrogen) atoms. The lowest BCUT2D eigenvalue weighted by molar-refractivity contribution is -0.0901. The number of pyridine rings is 1. The van der Waals surface area contributed by atoms with Gasteiger partial charge in [-0.15, -0.1) is 0 Å². The van der Waals surface area contributed by atoms with Crippen LogP contribution in [0.15, 0.2) is 23.0 Å². The van der Waals surface area contributed by atoms with E-state index in [2.05, 4.69) is 20.4 Å². The summed E-state index contributed by atoms with van der Waals surface area (Å²) in [7, 11) is 0. The summed E-state index contributed by atoms with van der Waals surface area (Å²) in [6.45, 7) is 5.04. The number of amides is 1. The molecular weight excluding hydrogens is 392 g/mol. The second-order valence-electron chi connectivity index (χ2n) is 9.06. The fourth-order valence-electron chi connectivity index (χ4n) is 5.16. The van der Waals surface area contributed by atoms with E-state index in [1.807, 2.05) is 19.1 Å². The van der Waals surface area contributed by atoms with Crippen molar-refractivity contribution in [2.45, 2.75) is 57.2 Å². The predicted molar refractivity (Wildman–Crippen MR) is 106 cm³/mol. The number of hydrogen-bond donors (Lipinski definition) is 2. The number of nitrogens with zero attached hydrogens (tertiary/aromatic N) is 3. The number of carbonyl (C=O) groups excluding carboxylic acids is 1. The zero-order valence-electron chi connectivity index (χ0n) is 16.8. The van der Waals surface area contributed by atoms with Crippen molar-refractivity contribution < 1.29 is 13.6 Å². The lowest BCUT2D eigenvalue weighted by atomic mass is 9.83. The molecule has 1 aliphatic carbocycles. The van der Waals surface area contributed by atoms with Crippen molar-refractivity contribution in [1.82, 2.24) is 25.0 Å². The van der Waals surface area contributed by atoms with Crippen LogP contribution in [0.3, 0.4) is 0 Å². The van der Waals surface area contributed by atoms with Crippen LogP contribution >= 0.6 is 0 Å². The maximum Gasteiger partial charge on any atom is 0.263 e. The molecule has 5 rings (SSSR count). The van der Waals surface area contributed by atoms with E-state index in [4.69, 9.17) is 0 Å². The highest BCUT2D eigenvalue weighted by Crippen LogP contribution is 2.38. The van der Waals surface area contributed by atoms with Crippen molar-refractivity contribution >= 4 is 5.91 Å². The molecule has 2 fully saturated rings. The average molecular weight is 417 g/mol. The van der Waals surface area contributed by atoms with E-state index in [0.29, 0.717) is 12.5 Å². The van der Waals surface area contributed by atoms with Crippen molar-refractivity contribution in [3.8, 4) is 0 Å². The van der Waals surface area contributed by atoms with Gasteiger partial charge in [0.2, 0.25) is 0 Å². The molecule has 2 aromatic heterocycles. The van der Waals surface area contributed by atoms with Crippen LogP contribution in [0.5, 0.6) is 0 Å². The van der Waals surface area contributed by atoms with Crippen molar-refractivity contribution in [2.75, 3.05) is 13.1 Å². The van der Waals surface area contributed by atoms with Gasteiger partial charge >= 0.3 is 0 Å². The third kappa shape index (κ3) is 3.55. The van der Waals surface area contributed by atoms with Crippen LogP contribution in [0.1, 0.15) is 52.6 Å². The number of carbonyl (C=O) groups is 1. The molecule has 9 heteroatoms. The highest BCUT2D eigenvalue weighted by atomic mass is 19.3. The number of aryl methyl sites for hydroxylation is 1. The molecule has 2 aromatic rings. The summed E-state index contributed by atoms with van der Waals surface area (Å²) >= 11 is 0. The first-order valence-corrected chi connectivity index (χ1v) is 10.4. The molecule has 0 radical (unpaired) electrons. The SMILES string of the molecule is Cc1cc(CN2C[C@@H]3C[C@H](C2)c2ccc(C(=O)NC4CC(F)(F)C4)c(=O)n2C3)n[nH]1. The van der Waals surface area contributed by atoms with Gasteiger partial charge in [0.15, 0.2) is 0 Å². The number of aromatic amines is 1. The Balaban J connectivity index is 1.32. The van der Waals surface area contributed by atoms with Gasteiger partial charge in [-0.25, -0.2) is 8.78 Å². The Morgan fingerprint density at radius 2 is 2.10 bits per heavy atom. The number of piperidine rings is 1. The Hall–Kier alpha value is -2.55. The van der Waals surface area contributed by atoms with Gasteiger partial charge in [-0.3, -0.25) is 19.6 Å². The maximum atomic E-state index is 13.0. The third-order valence-corrected chi connectivity index (χ3v) is 6.49. The molecule has 1 amide bonds. The number of likely N-dealkylation sites (tertiary alicyclic amines) is 1. The molecule has 1 saturated heterocycles. The number of rotatable bonds is 4. The predicted octanol–water partition coefficient (Wildman–Crippen LogP) is 2.03. The van der Waals surface area contributed by atoms with E-state index >= 15 is 0 Å². The zero-order valence-corrected chi connectivity index (χ0v) is 16.8. The number of fused-ring (bicyclic) bond motifs is 4. The molecule has 0 aromatic carbocycles. The minimum atomic E-state index is -2.71. The summed E-state index contributed by atoms with van der Waals surface area (Å²) in [5.74, 6) is -2.70. The topological polar surface area (TPSA) is 83.0 Å². The quantitative estimate of drug-likeness (QED) is 0.798. The van der Waals surface area contributed by atoms with Crippen LogP contribution in [0, 0.1) is 12.8 Å². The second-order valence-corrected chi connectivity index (χ2v) is 9.06. The van der Waals surface area contributed by atoms with E-state index in [1.54, 1.807) is 10.6 Å². The first-order chi connectivity index (χ1) is 14.3. The molecule has 1 saturated carbocycles. The summed E-state index contributed by atoms with van der Waals surface area (Å²) < 4.78 is 27.8. The van der Waals surface area contributed by atoms with Gasteiger partial charge < -0.3 is 9.88 Å². The van der Waals surface area contributed by atoms with Gasteiger partial charge in [-0.2, -0.15) is 5.10 Å². The Morgan fingerprint density at radius 3 is 2.80 bits per heavy atom. The summed E-state index contributed by atoms with van der Waals surface area (Å²) in [5.41, 5.74) is 2.72. The summed E-state index contributed by atoms with van der Waals surface area (Å²) in [6.07, 6.45) is 0.305. The number of nitrogens with one attached hydrogen (secondary N) is 2. The number of alkyl halides is 2. The fraction of sp³-hybridized carbons (Fsp3) is 0.571. The fourth-order valence-corrected chi connectivity index (χ4v) is 5.16. The molecule has 160 valence electrons. The molecule has 4 heterocycles. The van der Waals surface area contributed by atoms with Crippen LogP contribution in [0.2, 0.25) is 0 Å². The minimum absolute atomic E-state index is 0.0396. The largest absolute Gasteiger partial charge is 0.349 e. The van der Waals surface area contributed by atoms with E-state index in [-0.39, 0.29) is 29.9 Å². The Kier molecular flexibility index (Phi) is 4.53. The minimum Gasteiger partial charge on any atom is -0.349 e. The van der Waals surface area contributed by atoms with Gasteiger partial charge in [-0.1, -0.05) is 0 Å². The maximum absolute atomic E-state index is 13.0. The number of hydrogen-bond acceptors (Lipinski definition) is 4. The Morgan fingerprint density at radius 1 is 1.30 bits per heavy atom. The molecule has 3 aliphatic rings. The third-order valence-electron chi connectivity index (χ3n) is 6.49. The molecule has 2 aliphatic heterocycles. The molecule has 0 unspecified atom stereocenters. The molecule has 0 spiro atoms. The van der Waals surface area contributed by atoms with E-state index in [0.717, 1.165) is 43.1 Å². The van der Waals surface area contributed by atoms with Crippen molar-refractivity contribution in [3.63, 3.8) is 0 Å². The average Bonchev–Trinajstić information content (AvgIpc) is 3.05. The molecule has 2 atom stereocenters. The van der Waals surface area contributed by atoms with Gasteiger partial charge in [-0.05, 0) is 37.5 Å². The summed E-state index contributed by atoms with van der Waals surface area (Å²) in [6, 6.07) is 4.89. The normalized spacial score (nSPS) is 25.4. The first kappa shape index (κ1) is 19.4. The summed E-state index contributed by atoms with van der Waals surface area (Å²) in [4.78, 5) is 27.9. The highest BCUT2D eigenvalue weighted by Gasteiger charge is 2.46. The summed E-state index contributed by atoms with van der Waals surface area (Å²) in [5, 5.41) is 9.87. The van der Waals surface area contributed by atoms with Crippen molar-refractivity contribution in [3.05, 3.63) is 51.2 Å². The van der Waals surface area contributed by atoms with Crippen LogP contribution in [-0.4, -0.2) is 50.6 Å². The Bertz CT molecular complexity index is 1040. The monoisotopic (exact) mass is 417 g/mol. The second kappa shape index (κ2) is 7.01. The van der Waals surface area contributed by atoms with E-state index in [1.165, 1.54) is 0 Å². The molecule has 2 bridgehead atoms. The number of halogens is 2. The van der Waals surface area contributed by atoms with Crippen molar-refractivity contribution in [1.29, 1.82) is 0 Å². The standard InChI is InChI=1S/C21H25F2N5O2/c1-12-4-15(26-25-12)11-27-8-13-5-14(10-27)18-3-2-17(20(30)28(18)9-13)19(29)24-16-6-21(22,23)7-16/h2-4,13-14,16H,5-11H2,1H3,(H,24,29)(H,25,26)/t13-,14+/m0/s1. The van der Waals surface area contributed by atoms with Gasteiger partial charge in [0.25, 0.3) is 17.4 Å². The van der Waals surface area contributed by atoms with Gasteiger partial charge in [0.05, 0.1) is 5.69 Å².